The topological polar surface area (TPSA) is 76.2 Å². The van der Waals surface area contributed by atoms with Crippen molar-refractivity contribution in [1.29, 1.82) is 0 Å². The van der Waals surface area contributed by atoms with Crippen molar-refractivity contribution < 1.29 is 28.2 Å². The highest BCUT2D eigenvalue weighted by Gasteiger charge is 2.37. The molecule has 0 N–H and O–H groups in total. The van der Waals surface area contributed by atoms with Crippen LogP contribution in [0.1, 0.15) is 24.8 Å². The highest BCUT2D eigenvalue weighted by Crippen LogP contribution is 2.23. The largest absolute Gasteiger partial charge is 0.469 e. The highest BCUT2D eigenvalue weighted by atomic mass is 19.1. The molecule has 1 saturated heterocycles. The van der Waals surface area contributed by atoms with Crippen LogP contribution in [0.15, 0.2) is 24.3 Å². The maximum atomic E-state index is 13.5. The van der Waals surface area contributed by atoms with Crippen molar-refractivity contribution in [2.45, 2.75) is 31.8 Å². The summed E-state index contributed by atoms with van der Waals surface area (Å²) in [5.74, 6) is -2.08. The first-order valence-corrected chi connectivity index (χ1v) is 7.92. The summed E-state index contributed by atoms with van der Waals surface area (Å²) in [6.45, 7) is 0.503. The molecule has 136 valence electrons. The van der Waals surface area contributed by atoms with Gasteiger partial charge in [0.25, 0.3) is 0 Å². The first kappa shape index (κ1) is 18.9. The summed E-state index contributed by atoms with van der Waals surface area (Å²) < 4.78 is 22.8. The number of benzene rings is 1. The number of hydrazine groups is 1. The Morgan fingerprint density at radius 2 is 2.04 bits per heavy atom. The zero-order valence-electron chi connectivity index (χ0n) is 14.2. The molecule has 0 aliphatic carbocycles. The third-order valence-corrected chi connectivity index (χ3v) is 4.04. The van der Waals surface area contributed by atoms with Gasteiger partial charge in [0.2, 0.25) is 5.91 Å². The Morgan fingerprint density at radius 1 is 1.28 bits per heavy atom. The molecule has 1 atom stereocenters. The smallest absolute Gasteiger partial charge is 0.324 e. The van der Waals surface area contributed by atoms with Crippen LogP contribution < -0.4 is 0 Å². The van der Waals surface area contributed by atoms with Crippen molar-refractivity contribution in [3.63, 3.8) is 0 Å². The minimum Gasteiger partial charge on any atom is -0.469 e. The minimum absolute atomic E-state index is 0.0427. The summed E-state index contributed by atoms with van der Waals surface area (Å²) in [4.78, 5) is 36.0. The quantitative estimate of drug-likeness (QED) is 0.567. The summed E-state index contributed by atoms with van der Waals surface area (Å²) in [6.07, 6.45) is 0.777. The number of ether oxygens (including phenoxy) is 2. The van der Waals surface area contributed by atoms with Gasteiger partial charge in [-0.2, -0.15) is 0 Å². The molecule has 1 aromatic carbocycles. The van der Waals surface area contributed by atoms with Gasteiger partial charge in [-0.25, -0.2) is 9.40 Å². The van der Waals surface area contributed by atoms with Gasteiger partial charge < -0.3 is 9.47 Å². The number of halogens is 1. The number of nitrogens with zero attached hydrogens (tertiary/aromatic N) is 2. The van der Waals surface area contributed by atoms with Gasteiger partial charge in [0.1, 0.15) is 18.3 Å². The summed E-state index contributed by atoms with van der Waals surface area (Å²) in [5, 5.41) is 2.89. The number of esters is 2. The van der Waals surface area contributed by atoms with Crippen LogP contribution in [0, 0.1) is 5.82 Å². The van der Waals surface area contributed by atoms with E-state index in [1.165, 1.54) is 37.4 Å². The van der Waals surface area contributed by atoms with Crippen molar-refractivity contribution in [1.82, 2.24) is 10.0 Å². The molecule has 25 heavy (non-hydrogen) atoms. The molecule has 0 spiro atoms. The Balaban J connectivity index is 2.26. The molecule has 0 bridgehead atoms. The van der Waals surface area contributed by atoms with Gasteiger partial charge in [-0.3, -0.25) is 19.4 Å². The van der Waals surface area contributed by atoms with Gasteiger partial charge in [0.05, 0.1) is 20.8 Å². The zero-order chi connectivity index (χ0) is 18.4. The minimum atomic E-state index is -0.678. The second-order valence-corrected chi connectivity index (χ2v) is 5.68. The maximum Gasteiger partial charge on any atom is 0.324 e. The van der Waals surface area contributed by atoms with E-state index in [4.69, 9.17) is 4.74 Å². The van der Waals surface area contributed by atoms with Gasteiger partial charge in [-0.15, -0.1) is 0 Å². The highest BCUT2D eigenvalue weighted by molar-refractivity contribution is 5.94. The van der Waals surface area contributed by atoms with Crippen molar-refractivity contribution in [2.75, 3.05) is 20.8 Å². The van der Waals surface area contributed by atoms with Crippen molar-refractivity contribution in [2.24, 2.45) is 0 Å². The van der Waals surface area contributed by atoms with Crippen LogP contribution in [0.2, 0.25) is 0 Å². The van der Waals surface area contributed by atoms with Gasteiger partial charge in [-0.05, 0) is 30.5 Å². The first-order valence-electron chi connectivity index (χ1n) is 7.92. The standard InChI is InChI=1S/C17H21FN2O5/c1-24-16(22)10-15(21)20(11-12-5-3-6-13(18)9-12)19-8-4-7-14(19)17(23)25-2/h3,5-6,9,14H,4,7-8,10-11H2,1-2H3. The van der Waals surface area contributed by atoms with Crippen LogP contribution in [0.25, 0.3) is 0 Å². The van der Waals surface area contributed by atoms with Gasteiger partial charge >= 0.3 is 11.9 Å². The van der Waals surface area contributed by atoms with Crippen molar-refractivity contribution in [3.8, 4) is 0 Å². The molecule has 8 heteroatoms. The average molecular weight is 352 g/mol. The SMILES string of the molecule is COC(=O)CC(=O)N(Cc1cccc(F)c1)N1CCCC1C(=O)OC. The number of hydrogen-bond acceptors (Lipinski definition) is 6. The van der Waals surface area contributed by atoms with E-state index >= 15 is 0 Å². The summed E-state index contributed by atoms with van der Waals surface area (Å²) in [7, 11) is 2.48. The lowest BCUT2D eigenvalue weighted by Gasteiger charge is -2.35. The van der Waals surface area contributed by atoms with E-state index in [1.54, 1.807) is 11.1 Å². The molecule has 1 aliphatic heterocycles. The molecular weight excluding hydrogens is 331 g/mol. The predicted molar refractivity (Wildman–Crippen MR) is 85.3 cm³/mol. The van der Waals surface area contributed by atoms with E-state index in [0.29, 0.717) is 24.9 Å². The van der Waals surface area contributed by atoms with E-state index in [0.717, 1.165) is 0 Å². The van der Waals surface area contributed by atoms with Crippen LogP contribution in [-0.4, -0.2) is 54.7 Å². The normalized spacial score (nSPS) is 17.2. The Bertz CT molecular complexity index is 652. The molecule has 1 amide bonds. The number of amides is 1. The Labute approximate surface area is 145 Å². The molecular formula is C17H21FN2O5. The van der Waals surface area contributed by atoms with Crippen molar-refractivity contribution >= 4 is 17.8 Å². The fourth-order valence-corrected chi connectivity index (χ4v) is 2.83. The van der Waals surface area contributed by atoms with Crippen LogP contribution in [0.3, 0.4) is 0 Å². The van der Waals surface area contributed by atoms with Crippen LogP contribution in [0.5, 0.6) is 0 Å². The van der Waals surface area contributed by atoms with E-state index in [1.807, 2.05) is 0 Å². The third-order valence-electron chi connectivity index (χ3n) is 4.04. The van der Waals surface area contributed by atoms with E-state index in [9.17, 15) is 18.8 Å². The second kappa shape index (κ2) is 8.57. The lowest BCUT2D eigenvalue weighted by atomic mass is 10.2. The molecule has 2 rings (SSSR count). The summed E-state index contributed by atoms with van der Waals surface area (Å²) >= 11 is 0. The number of methoxy groups -OCH3 is 2. The van der Waals surface area contributed by atoms with E-state index in [-0.39, 0.29) is 6.54 Å². The molecule has 1 aliphatic rings. The average Bonchev–Trinajstić information content (AvgIpc) is 3.08. The van der Waals surface area contributed by atoms with Crippen molar-refractivity contribution in [3.05, 3.63) is 35.6 Å². The lowest BCUT2D eigenvalue weighted by Crippen LogP contribution is -2.51. The van der Waals surface area contributed by atoms with Gasteiger partial charge in [0.15, 0.2) is 0 Å². The summed E-state index contributed by atoms with van der Waals surface area (Å²) in [6, 6.07) is 5.21. The number of hydrogen-bond donors (Lipinski definition) is 0. The second-order valence-electron chi connectivity index (χ2n) is 5.68. The number of rotatable bonds is 6. The molecule has 0 saturated carbocycles. The first-order chi connectivity index (χ1) is 12.0. The zero-order valence-corrected chi connectivity index (χ0v) is 14.2. The van der Waals surface area contributed by atoms with E-state index < -0.39 is 36.1 Å². The number of carbonyl (C=O) groups is 3. The molecule has 1 heterocycles. The Hall–Kier alpha value is -2.48. The molecule has 0 aromatic heterocycles. The van der Waals surface area contributed by atoms with Gasteiger partial charge in [0, 0.05) is 6.54 Å². The lowest BCUT2D eigenvalue weighted by molar-refractivity contribution is -0.166. The fourth-order valence-electron chi connectivity index (χ4n) is 2.83. The molecule has 0 radical (unpaired) electrons. The monoisotopic (exact) mass is 352 g/mol. The van der Waals surface area contributed by atoms with Crippen LogP contribution >= 0.6 is 0 Å². The molecule has 1 aromatic rings. The van der Waals surface area contributed by atoms with Crippen LogP contribution in [-0.2, 0) is 30.4 Å². The van der Waals surface area contributed by atoms with Gasteiger partial charge in [-0.1, -0.05) is 12.1 Å². The molecule has 1 fully saturated rings. The fraction of sp³-hybridized carbons (Fsp3) is 0.471. The van der Waals surface area contributed by atoms with Crippen LogP contribution in [0.4, 0.5) is 4.39 Å². The van der Waals surface area contributed by atoms with E-state index in [2.05, 4.69) is 4.74 Å². The molecule has 1 unspecified atom stereocenters. The Morgan fingerprint density at radius 3 is 2.68 bits per heavy atom. The number of carbonyl (C=O) groups excluding carboxylic acids is 3. The Kier molecular flexibility index (Phi) is 6.46. The maximum absolute atomic E-state index is 13.5. The predicted octanol–water partition coefficient (Wildman–Crippen LogP) is 1.27. The summed E-state index contributed by atoms with van der Waals surface area (Å²) in [5.41, 5.74) is 0.550. The molecule has 7 nitrogen and oxygen atoms in total. The third kappa shape index (κ3) is 4.76.